The molecule has 17 heteroatoms. The van der Waals surface area contributed by atoms with Crippen molar-refractivity contribution in [3.05, 3.63) is 0 Å². The van der Waals surface area contributed by atoms with E-state index in [0.29, 0.717) is 78.5 Å². The highest BCUT2D eigenvalue weighted by atomic mass is 28.5. The van der Waals surface area contributed by atoms with Gasteiger partial charge in [-0.25, -0.2) is 0 Å². The van der Waals surface area contributed by atoms with Crippen LogP contribution in [-0.2, 0) is 35.4 Å². The first-order chi connectivity index (χ1) is 27.3. The highest BCUT2D eigenvalue weighted by Gasteiger charge is 2.56. The van der Waals surface area contributed by atoms with Gasteiger partial charge in [0.2, 0.25) is 0 Å². The molecule has 0 radical (unpaired) electrons. The molecule has 0 aliphatic carbocycles. The van der Waals surface area contributed by atoms with Crippen molar-refractivity contribution in [3.63, 3.8) is 0 Å². The molecule has 0 fully saturated rings. The van der Waals surface area contributed by atoms with Crippen LogP contribution in [0.5, 0.6) is 0 Å². The Labute approximate surface area is 363 Å². The largest absolute Gasteiger partial charge is 0.636 e. The molecule has 5 unspecified atom stereocenters. The first-order valence-corrected chi connectivity index (χ1v) is 36.6. The van der Waals surface area contributed by atoms with Crippen LogP contribution in [0, 0.1) is 0 Å². The first-order valence-electron chi connectivity index (χ1n) is 23.1. The summed E-state index contributed by atoms with van der Waals surface area (Å²) in [4.78, 5) is 0. The number of aliphatic hydroxyl groups excluding tert-OH is 4. The Morgan fingerprint density at radius 3 is 0.948 bits per heavy atom. The normalized spacial score (nSPS) is 16.3. The third-order valence-electron chi connectivity index (χ3n) is 9.78. The molecule has 0 saturated heterocycles. The number of hydrogen-bond acceptors (Lipinski definition) is 12. The van der Waals surface area contributed by atoms with E-state index in [1.165, 1.54) is 0 Å². The Kier molecular flexibility index (Phi) is 37.7. The number of unbranched alkanes of at least 4 members (excludes halogenated alkanes) is 4. The number of hydrogen-bond donors (Lipinski definition) is 4. The van der Waals surface area contributed by atoms with E-state index < -0.39 is 67.5 Å². The molecule has 58 heavy (non-hydrogen) atoms. The van der Waals surface area contributed by atoms with Crippen LogP contribution >= 0.6 is 0 Å². The van der Waals surface area contributed by atoms with Crippen molar-refractivity contribution in [1.82, 2.24) is 0 Å². The highest BCUT2D eigenvalue weighted by molar-refractivity contribution is 6.90. The minimum atomic E-state index is -3.66. The molecule has 0 rings (SSSR count). The quantitative estimate of drug-likeness (QED) is 0.0343. The number of aliphatic hydroxyl groups is 4. The fourth-order valence-electron chi connectivity index (χ4n) is 5.86. The average Bonchev–Trinajstić information content (AvgIpc) is 3.16. The fraction of sp³-hybridized carbons (Fsp3) is 1.00. The molecule has 0 amide bonds. The Bertz CT molecular complexity index is 836. The zero-order chi connectivity index (χ0) is 44.5. The summed E-state index contributed by atoms with van der Waals surface area (Å²) in [5, 5.41) is 39.5. The van der Waals surface area contributed by atoms with E-state index in [1.54, 1.807) is 0 Å². The summed E-state index contributed by atoms with van der Waals surface area (Å²) < 4.78 is 52.2. The summed E-state index contributed by atoms with van der Waals surface area (Å²) in [6, 6.07) is 3.69. The average molecular weight is 922 g/mol. The molecule has 0 heterocycles. The molecule has 0 aromatic rings. The highest BCUT2D eigenvalue weighted by Crippen LogP contribution is 2.33. The lowest BCUT2D eigenvalue weighted by Gasteiger charge is -2.44. The number of ether oxygens (including phenoxy) is 4. The molecule has 0 spiro atoms. The van der Waals surface area contributed by atoms with Gasteiger partial charge in [0.25, 0.3) is 0 Å². The lowest BCUT2D eigenvalue weighted by atomic mass is 10.3. The molecule has 352 valence electrons. The SMILES string of the molecule is CC.CCC(O)COCCCC[SiH](C)O[Si](O[Si](C)(C)CCCCOCC(O)CC)(O[Si](C)(C)CCCCOCC(O)CC)O[Si](C)(C)CCCCOCC(O)CC. The molecule has 0 aromatic heterocycles. The topological polar surface area (TPSA) is 155 Å². The van der Waals surface area contributed by atoms with E-state index in [9.17, 15) is 20.4 Å². The Morgan fingerprint density at radius 2 is 0.690 bits per heavy atom. The molecular weight excluding hydrogens is 825 g/mol. The Morgan fingerprint density at radius 1 is 0.431 bits per heavy atom. The van der Waals surface area contributed by atoms with Crippen molar-refractivity contribution >= 4 is 43.0 Å². The van der Waals surface area contributed by atoms with Crippen molar-refractivity contribution in [3.8, 4) is 0 Å². The molecule has 0 aliphatic heterocycles. The van der Waals surface area contributed by atoms with Gasteiger partial charge in [-0.15, -0.1) is 0 Å². The van der Waals surface area contributed by atoms with Gasteiger partial charge in [0.1, 0.15) is 0 Å². The van der Waals surface area contributed by atoms with E-state index in [4.69, 9.17) is 35.4 Å². The van der Waals surface area contributed by atoms with Crippen LogP contribution in [0.3, 0.4) is 0 Å². The number of rotatable bonds is 40. The van der Waals surface area contributed by atoms with Gasteiger partial charge in [0.15, 0.2) is 34.0 Å². The predicted molar refractivity (Wildman–Crippen MR) is 252 cm³/mol. The summed E-state index contributed by atoms with van der Waals surface area (Å²) in [6.45, 7) is 31.5. The third kappa shape index (κ3) is 35.1. The van der Waals surface area contributed by atoms with Gasteiger partial charge < -0.3 is 55.8 Å². The second-order valence-electron chi connectivity index (χ2n) is 17.4. The molecule has 0 saturated carbocycles. The van der Waals surface area contributed by atoms with E-state index in [-0.39, 0.29) is 0 Å². The van der Waals surface area contributed by atoms with E-state index >= 15 is 0 Å². The van der Waals surface area contributed by atoms with Gasteiger partial charge in [0, 0.05) is 26.4 Å². The van der Waals surface area contributed by atoms with Crippen LogP contribution < -0.4 is 0 Å². The summed E-state index contributed by atoms with van der Waals surface area (Å²) in [5.41, 5.74) is 0. The van der Waals surface area contributed by atoms with Crippen molar-refractivity contribution in [2.45, 2.75) is 213 Å². The minimum Gasteiger partial charge on any atom is -0.398 e. The molecule has 0 bridgehead atoms. The fourth-order valence-corrected chi connectivity index (χ4v) is 25.3. The van der Waals surface area contributed by atoms with Crippen molar-refractivity contribution in [2.75, 3.05) is 52.9 Å². The smallest absolute Gasteiger partial charge is 0.398 e. The summed E-state index contributed by atoms with van der Waals surface area (Å²) in [7, 11) is -12.6. The molecule has 4 N–H and O–H groups in total. The summed E-state index contributed by atoms with van der Waals surface area (Å²) in [6.07, 6.45) is 8.48. The maximum absolute atomic E-state index is 9.88. The van der Waals surface area contributed by atoms with Crippen LogP contribution in [0.2, 0.25) is 70.0 Å². The second-order valence-corrected chi connectivity index (χ2v) is 36.1. The van der Waals surface area contributed by atoms with Gasteiger partial charge in [-0.3, -0.25) is 0 Å². The lowest BCUT2D eigenvalue weighted by molar-refractivity contribution is 0.0338. The molecule has 12 nitrogen and oxygen atoms in total. The molecule has 0 aromatic carbocycles. The summed E-state index contributed by atoms with van der Waals surface area (Å²) >= 11 is 0. The van der Waals surface area contributed by atoms with Crippen LogP contribution in [0.1, 0.15) is 119 Å². The molecular formula is C41H96O12Si5. The van der Waals surface area contributed by atoms with Gasteiger partial charge in [-0.05, 0) is 121 Å². The molecule has 5 atom stereocenters. The van der Waals surface area contributed by atoms with Gasteiger partial charge in [-0.1, -0.05) is 67.2 Å². The standard InChI is InChI=1S/C39H90O12Si5.C2H6/c1-12-36(40)32-44-24-16-20-28-52(5)48-56(49-53(6,7)29-21-17-25-45-33-37(41)13-2,50-54(8,9)30-22-18-26-46-34-38(42)14-3)51-55(10,11)31-23-19-27-47-35-39(43)15-4;1-2/h36-43,52H,12-35H2,1-11H3;1-2H3. The summed E-state index contributed by atoms with van der Waals surface area (Å²) in [5.74, 6) is 0. The van der Waals surface area contributed by atoms with E-state index in [2.05, 4.69) is 45.8 Å². The van der Waals surface area contributed by atoms with Crippen molar-refractivity contribution < 1.29 is 55.8 Å². The van der Waals surface area contributed by atoms with Crippen LogP contribution in [0.15, 0.2) is 0 Å². The van der Waals surface area contributed by atoms with E-state index in [0.717, 1.165) is 75.5 Å². The van der Waals surface area contributed by atoms with Crippen LogP contribution in [0.4, 0.5) is 0 Å². The monoisotopic (exact) mass is 921 g/mol. The Balaban J connectivity index is 0. The van der Waals surface area contributed by atoms with Crippen molar-refractivity contribution in [1.29, 1.82) is 0 Å². The molecule has 0 aliphatic rings. The van der Waals surface area contributed by atoms with Crippen LogP contribution in [0.25, 0.3) is 0 Å². The lowest BCUT2D eigenvalue weighted by Crippen LogP contribution is -2.65. The predicted octanol–water partition coefficient (Wildman–Crippen LogP) is 8.75. The zero-order valence-electron chi connectivity index (χ0n) is 39.9. The minimum absolute atomic E-state index is 0.369. The zero-order valence-corrected chi connectivity index (χ0v) is 45.1. The van der Waals surface area contributed by atoms with Gasteiger partial charge in [0.05, 0.1) is 50.8 Å². The maximum Gasteiger partial charge on any atom is 0.636 e. The third-order valence-corrected chi connectivity index (χ3v) is 28.1. The second kappa shape index (κ2) is 36.0. The maximum atomic E-state index is 9.88. The van der Waals surface area contributed by atoms with Crippen LogP contribution in [-0.4, -0.2) is 141 Å². The van der Waals surface area contributed by atoms with Gasteiger partial charge in [-0.2, -0.15) is 0 Å². The van der Waals surface area contributed by atoms with E-state index in [1.807, 2.05) is 41.5 Å². The van der Waals surface area contributed by atoms with Gasteiger partial charge >= 0.3 is 9.05 Å². The van der Waals surface area contributed by atoms with Crippen molar-refractivity contribution in [2.24, 2.45) is 0 Å². The first kappa shape index (κ1) is 60.7. The Hall–Kier alpha value is 0.604.